The molecule has 0 aliphatic carbocycles. The zero-order valence-electron chi connectivity index (χ0n) is 12.9. The van der Waals surface area contributed by atoms with E-state index in [0.29, 0.717) is 16.5 Å². The average molecular weight is 350 g/mol. The van der Waals surface area contributed by atoms with Crippen LogP contribution in [0.3, 0.4) is 0 Å². The predicted octanol–water partition coefficient (Wildman–Crippen LogP) is 4.38. The molecule has 25 heavy (non-hydrogen) atoms. The van der Waals surface area contributed by atoms with Crippen LogP contribution in [-0.4, -0.2) is 17.8 Å². The van der Waals surface area contributed by atoms with Crippen LogP contribution in [0.5, 0.6) is 0 Å². The second-order valence-electron chi connectivity index (χ2n) is 5.40. The van der Waals surface area contributed by atoms with Crippen molar-refractivity contribution < 1.29 is 9.21 Å². The number of nitrogens with one attached hydrogen (secondary N) is 1. The number of amides is 1. The van der Waals surface area contributed by atoms with E-state index in [2.05, 4.69) is 15.5 Å². The van der Waals surface area contributed by atoms with Gasteiger partial charge in [-0.3, -0.25) is 4.79 Å². The zero-order chi connectivity index (χ0) is 17.2. The summed E-state index contributed by atoms with van der Waals surface area (Å²) in [7, 11) is 0. The first-order chi connectivity index (χ1) is 12.2. The van der Waals surface area contributed by atoms with Crippen molar-refractivity contribution in [1.82, 2.24) is 0 Å². The monoisotopic (exact) mass is 349 g/mol. The summed E-state index contributed by atoms with van der Waals surface area (Å²) < 4.78 is 5.71. The molecule has 6 heteroatoms. The molecule has 0 spiro atoms. The minimum Gasteiger partial charge on any atom is -0.455 e. The molecule has 0 bridgehead atoms. The Balaban J connectivity index is 1.55. The van der Waals surface area contributed by atoms with Gasteiger partial charge in [0, 0.05) is 16.1 Å². The molecule has 0 atom stereocenters. The van der Waals surface area contributed by atoms with E-state index in [1.165, 1.54) is 6.21 Å². The number of rotatable bonds is 3. The Hall–Kier alpha value is -3.18. The maximum atomic E-state index is 11.9. The first-order valence-electron chi connectivity index (χ1n) is 7.58. The standard InChI is InChI=1S/C19H12ClN3O2/c20-13-7-5-12(6-8-13)17-10-9-14(25-17)11-21-23-18-15-3-1-2-4-16(15)22-19(18)24/h1-11H,(H,22,23,24). The summed E-state index contributed by atoms with van der Waals surface area (Å²) in [5.74, 6) is 0.982. The van der Waals surface area contributed by atoms with E-state index in [1.54, 1.807) is 18.2 Å². The van der Waals surface area contributed by atoms with Gasteiger partial charge in [0.1, 0.15) is 11.5 Å². The van der Waals surface area contributed by atoms with Gasteiger partial charge in [-0.15, -0.1) is 5.10 Å². The van der Waals surface area contributed by atoms with Crippen molar-refractivity contribution in [2.45, 2.75) is 0 Å². The average Bonchev–Trinajstić information content (AvgIpc) is 3.21. The van der Waals surface area contributed by atoms with Crippen LogP contribution >= 0.6 is 11.6 Å². The summed E-state index contributed by atoms with van der Waals surface area (Å²) >= 11 is 5.88. The number of carbonyl (C=O) groups excluding carboxylic acids is 1. The summed E-state index contributed by atoms with van der Waals surface area (Å²) in [4.78, 5) is 11.9. The van der Waals surface area contributed by atoms with Crippen molar-refractivity contribution in [2.75, 3.05) is 5.32 Å². The van der Waals surface area contributed by atoms with E-state index < -0.39 is 0 Å². The highest BCUT2D eigenvalue weighted by molar-refractivity contribution is 6.53. The largest absolute Gasteiger partial charge is 0.455 e. The highest BCUT2D eigenvalue weighted by Gasteiger charge is 2.25. The smallest absolute Gasteiger partial charge is 0.276 e. The molecule has 1 aliphatic heterocycles. The van der Waals surface area contributed by atoms with Gasteiger partial charge < -0.3 is 9.73 Å². The van der Waals surface area contributed by atoms with Gasteiger partial charge >= 0.3 is 0 Å². The topological polar surface area (TPSA) is 67.0 Å². The summed E-state index contributed by atoms with van der Waals surface area (Å²) in [6, 6.07) is 18.3. The Morgan fingerprint density at radius 1 is 1.00 bits per heavy atom. The van der Waals surface area contributed by atoms with E-state index in [1.807, 2.05) is 42.5 Å². The molecular formula is C19H12ClN3O2. The Bertz CT molecular complexity index is 1000. The Morgan fingerprint density at radius 3 is 2.64 bits per heavy atom. The fraction of sp³-hybridized carbons (Fsp3) is 0. The van der Waals surface area contributed by atoms with Crippen molar-refractivity contribution in [1.29, 1.82) is 0 Å². The first-order valence-corrected chi connectivity index (χ1v) is 7.96. The number of hydrogen-bond acceptors (Lipinski definition) is 4. The molecule has 122 valence electrons. The van der Waals surface area contributed by atoms with Crippen LogP contribution in [0.2, 0.25) is 5.02 Å². The summed E-state index contributed by atoms with van der Waals surface area (Å²) in [5, 5.41) is 11.4. The molecular weight excluding hydrogens is 338 g/mol. The fourth-order valence-corrected chi connectivity index (χ4v) is 2.66. The fourth-order valence-electron chi connectivity index (χ4n) is 2.54. The Kier molecular flexibility index (Phi) is 3.91. The maximum absolute atomic E-state index is 11.9. The molecule has 0 fully saturated rings. The number of furan rings is 1. The molecule has 0 radical (unpaired) electrons. The number of hydrogen-bond donors (Lipinski definition) is 1. The quantitative estimate of drug-likeness (QED) is 0.563. The van der Waals surface area contributed by atoms with Crippen molar-refractivity contribution in [2.24, 2.45) is 10.2 Å². The van der Waals surface area contributed by atoms with Gasteiger partial charge in [-0.25, -0.2) is 0 Å². The van der Waals surface area contributed by atoms with Crippen molar-refractivity contribution in [3.63, 3.8) is 0 Å². The highest BCUT2D eigenvalue weighted by Crippen LogP contribution is 2.24. The summed E-state index contributed by atoms with van der Waals surface area (Å²) in [5.41, 5.74) is 2.69. The molecule has 0 unspecified atom stereocenters. The molecule has 5 nitrogen and oxygen atoms in total. The minimum atomic E-state index is -0.264. The molecule has 1 N–H and O–H groups in total. The van der Waals surface area contributed by atoms with Crippen molar-refractivity contribution in [3.8, 4) is 11.3 Å². The van der Waals surface area contributed by atoms with Crippen molar-refractivity contribution >= 4 is 35.1 Å². The molecule has 4 rings (SSSR count). The Labute approximate surface area is 148 Å². The third kappa shape index (κ3) is 3.09. The van der Waals surface area contributed by atoms with E-state index in [4.69, 9.17) is 16.0 Å². The molecule has 2 heterocycles. The second kappa shape index (κ2) is 6.37. The van der Waals surface area contributed by atoms with E-state index in [-0.39, 0.29) is 11.6 Å². The maximum Gasteiger partial charge on any atom is 0.276 e. The molecule has 2 aromatic carbocycles. The van der Waals surface area contributed by atoms with Gasteiger partial charge in [-0.1, -0.05) is 29.8 Å². The molecule has 1 aromatic heterocycles. The molecule has 0 saturated carbocycles. The van der Waals surface area contributed by atoms with Gasteiger partial charge in [-0.05, 0) is 42.5 Å². The van der Waals surface area contributed by atoms with Gasteiger partial charge in [0.15, 0.2) is 5.71 Å². The Morgan fingerprint density at radius 2 is 1.80 bits per heavy atom. The third-order valence-corrected chi connectivity index (χ3v) is 4.00. The predicted molar refractivity (Wildman–Crippen MR) is 98.4 cm³/mol. The van der Waals surface area contributed by atoms with E-state index >= 15 is 0 Å². The lowest BCUT2D eigenvalue weighted by atomic mass is 10.1. The lowest BCUT2D eigenvalue weighted by molar-refractivity contribution is -0.110. The van der Waals surface area contributed by atoms with Crippen LogP contribution in [0.4, 0.5) is 5.69 Å². The van der Waals surface area contributed by atoms with E-state index in [0.717, 1.165) is 16.8 Å². The van der Waals surface area contributed by atoms with Crippen LogP contribution in [0, 0.1) is 0 Å². The SMILES string of the molecule is O=C1Nc2ccccc2C1=NN=Cc1ccc(-c2ccc(Cl)cc2)o1. The van der Waals surface area contributed by atoms with Gasteiger partial charge in [-0.2, -0.15) is 5.10 Å². The number of fused-ring (bicyclic) bond motifs is 1. The van der Waals surface area contributed by atoms with Crippen LogP contribution in [-0.2, 0) is 4.79 Å². The second-order valence-corrected chi connectivity index (χ2v) is 5.84. The first kappa shape index (κ1) is 15.4. The lowest BCUT2D eigenvalue weighted by Gasteiger charge is -1.96. The van der Waals surface area contributed by atoms with Crippen LogP contribution < -0.4 is 5.32 Å². The number of anilines is 1. The number of nitrogens with zero attached hydrogens (tertiary/aromatic N) is 2. The number of para-hydroxylation sites is 1. The van der Waals surface area contributed by atoms with Gasteiger partial charge in [0.25, 0.3) is 5.91 Å². The highest BCUT2D eigenvalue weighted by atomic mass is 35.5. The zero-order valence-corrected chi connectivity index (χ0v) is 13.7. The minimum absolute atomic E-state index is 0.264. The number of benzene rings is 2. The normalized spacial score (nSPS) is 14.9. The summed E-state index contributed by atoms with van der Waals surface area (Å²) in [6.45, 7) is 0. The van der Waals surface area contributed by atoms with Crippen molar-refractivity contribution in [3.05, 3.63) is 77.0 Å². The molecule has 3 aromatic rings. The molecule has 1 aliphatic rings. The van der Waals surface area contributed by atoms with E-state index in [9.17, 15) is 4.79 Å². The summed E-state index contributed by atoms with van der Waals surface area (Å²) in [6.07, 6.45) is 1.47. The van der Waals surface area contributed by atoms with Gasteiger partial charge in [0.05, 0.1) is 11.9 Å². The van der Waals surface area contributed by atoms with Gasteiger partial charge in [0.2, 0.25) is 0 Å². The molecule has 0 saturated heterocycles. The molecule has 1 amide bonds. The number of carbonyl (C=O) groups is 1. The lowest BCUT2D eigenvalue weighted by Crippen LogP contribution is -2.13. The van der Waals surface area contributed by atoms with Crippen LogP contribution in [0.1, 0.15) is 11.3 Å². The number of halogens is 1. The third-order valence-electron chi connectivity index (χ3n) is 3.74. The van der Waals surface area contributed by atoms with Crippen LogP contribution in [0.25, 0.3) is 11.3 Å². The van der Waals surface area contributed by atoms with Crippen LogP contribution in [0.15, 0.2) is 75.3 Å².